The van der Waals surface area contributed by atoms with Crippen molar-refractivity contribution in [3.05, 3.63) is 28.2 Å². The SMILES string of the molecule is CC(C)[C@@H](CO)NS(=O)(=O)c1cccc(Cl)c1Cl. The Kier molecular flexibility index (Phi) is 5.43. The molecule has 0 saturated heterocycles. The number of benzene rings is 1. The van der Waals surface area contributed by atoms with Crippen LogP contribution in [0.25, 0.3) is 0 Å². The molecule has 0 aliphatic heterocycles. The van der Waals surface area contributed by atoms with Gasteiger partial charge in [0.15, 0.2) is 0 Å². The average molecular weight is 312 g/mol. The summed E-state index contributed by atoms with van der Waals surface area (Å²) in [6.07, 6.45) is 0. The second kappa shape index (κ2) is 6.21. The maximum Gasteiger partial charge on any atom is 0.242 e. The van der Waals surface area contributed by atoms with E-state index in [4.69, 9.17) is 28.3 Å². The highest BCUT2D eigenvalue weighted by atomic mass is 35.5. The highest BCUT2D eigenvalue weighted by Gasteiger charge is 2.24. The molecule has 7 heteroatoms. The van der Waals surface area contributed by atoms with E-state index in [0.717, 1.165) is 0 Å². The van der Waals surface area contributed by atoms with Gasteiger partial charge in [0, 0.05) is 6.04 Å². The highest BCUT2D eigenvalue weighted by Crippen LogP contribution is 2.29. The van der Waals surface area contributed by atoms with Crippen LogP contribution >= 0.6 is 23.2 Å². The van der Waals surface area contributed by atoms with Crippen molar-refractivity contribution in [1.82, 2.24) is 4.72 Å². The third-order valence-electron chi connectivity index (χ3n) is 2.51. The van der Waals surface area contributed by atoms with E-state index in [1.54, 1.807) is 0 Å². The quantitative estimate of drug-likeness (QED) is 0.876. The van der Waals surface area contributed by atoms with Crippen LogP contribution in [0, 0.1) is 5.92 Å². The van der Waals surface area contributed by atoms with Gasteiger partial charge in [-0.1, -0.05) is 43.1 Å². The Balaban J connectivity index is 3.11. The first-order valence-electron chi connectivity index (χ1n) is 5.36. The number of nitrogens with one attached hydrogen (secondary N) is 1. The summed E-state index contributed by atoms with van der Waals surface area (Å²) in [6.45, 7) is 3.33. The Bertz CT molecular complexity index is 517. The van der Waals surface area contributed by atoms with Gasteiger partial charge < -0.3 is 5.11 Å². The van der Waals surface area contributed by atoms with Crippen molar-refractivity contribution in [2.45, 2.75) is 24.8 Å². The fourth-order valence-electron chi connectivity index (χ4n) is 1.34. The molecule has 0 saturated carbocycles. The molecular formula is C11H15Cl2NO3S. The lowest BCUT2D eigenvalue weighted by atomic mass is 10.1. The Morgan fingerprint density at radius 1 is 1.33 bits per heavy atom. The fraction of sp³-hybridized carbons (Fsp3) is 0.455. The number of hydrogen-bond donors (Lipinski definition) is 2. The Labute approximate surface area is 117 Å². The van der Waals surface area contributed by atoms with Crippen LogP contribution in [0.3, 0.4) is 0 Å². The van der Waals surface area contributed by atoms with Crippen molar-refractivity contribution in [3.8, 4) is 0 Å². The Morgan fingerprint density at radius 2 is 1.94 bits per heavy atom. The van der Waals surface area contributed by atoms with Crippen molar-refractivity contribution < 1.29 is 13.5 Å². The van der Waals surface area contributed by atoms with Gasteiger partial charge in [0.25, 0.3) is 0 Å². The van der Waals surface area contributed by atoms with E-state index in [1.807, 2.05) is 13.8 Å². The number of hydrogen-bond acceptors (Lipinski definition) is 3. The number of rotatable bonds is 5. The van der Waals surface area contributed by atoms with Crippen LogP contribution in [0.2, 0.25) is 10.0 Å². The fourth-order valence-corrected chi connectivity index (χ4v) is 3.48. The molecule has 0 aliphatic carbocycles. The van der Waals surface area contributed by atoms with E-state index < -0.39 is 16.1 Å². The van der Waals surface area contributed by atoms with Crippen LogP contribution < -0.4 is 4.72 Å². The minimum absolute atomic E-state index is 0.0212. The molecule has 0 heterocycles. The molecule has 18 heavy (non-hydrogen) atoms. The van der Waals surface area contributed by atoms with Crippen molar-refractivity contribution in [3.63, 3.8) is 0 Å². The smallest absolute Gasteiger partial charge is 0.242 e. The molecule has 0 fully saturated rings. The molecule has 102 valence electrons. The standard InChI is InChI=1S/C11H15Cl2NO3S/c1-7(2)9(6-15)14-18(16,17)10-5-3-4-8(12)11(10)13/h3-5,7,9,14-15H,6H2,1-2H3/t9-/m1/s1. The van der Waals surface area contributed by atoms with Gasteiger partial charge in [0.1, 0.15) is 4.90 Å². The summed E-state index contributed by atoms with van der Waals surface area (Å²) in [5, 5.41) is 9.29. The lowest BCUT2D eigenvalue weighted by Gasteiger charge is -2.20. The molecule has 1 atom stereocenters. The van der Waals surface area contributed by atoms with Crippen LogP contribution in [0.15, 0.2) is 23.1 Å². The van der Waals surface area contributed by atoms with E-state index in [-0.39, 0.29) is 27.5 Å². The summed E-state index contributed by atoms with van der Waals surface area (Å²) < 4.78 is 26.6. The largest absolute Gasteiger partial charge is 0.395 e. The Morgan fingerprint density at radius 3 is 2.44 bits per heavy atom. The first-order valence-corrected chi connectivity index (χ1v) is 7.60. The predicted octanol–water partition coefficient (Wildman–Crippen LogP) is 2.29. The first-order chi connectivity index (χ1) is 8.29. The topological polar surface area (TPSA) is 66.4 Å². The molecule has 0 spiro atoms. The number of halogens is 2. The second-order valence-electron chi connectivity index (χ2n) is 4.21. The molecule has 1 rings (SSSR count). The molecule has 1 aromatic rings. The van der Waals surface area contributed by atoms with E-state index >= 15 is 0 Å². The zero-order chi connectivity index (χ0) is 13.9. The van der Waals surface area contributed by atoms with Gasteiger partial charge in [0.2, 0.25) is 10.0 Å². The molecular weight excluding hydrogens is 297 g/mol. The van der Waals surface area contributed by atoms with E-state index in [0.29, 0.717) is 0 Å². The monoisotopic (exact) mass is 311 g/mol. The van der Waals surface area contributed by atoms with Gasteiger partial charge in [-0.25, -0.2) is 13.1 Å². The number of aliphatic hydroxyl groups excluding tert-OH is 1. The van der Waals surface area contributed by atoms with Crippen molar-refractivity contribution >= 4 is 33.2 Å². The number of sulfonamides is 1. The van der Waals surface area contributed by atoms with Crippen LogP contribution in [0.4, 0.5) is 0 Å². The lowest BCUT2D eigenvalue weighted by Crippen LogP contribution is -2.41. The summed E-state index contributed by atoms with van der Waals surface area (Å²) in [5.74, 6) is -0.0391. The molecule has 0 aromatic heterocycles. The normalized spacial score (nSPS) is 13.9. The van der Waals surface area contributed by atoms with Crippen LogP contribution in [-0.4, -0.2) is 26.2 Å². The summed E-state index contributed by atoms with van der Waals surface area (Å²) in [7, 11) is -3.80. The molecule has 2 N–H and O–H groups in total. The summed E-state index contributed by atoms with van der Waals surface area (Å²) in [5.41, 5.74) is 0. The van der Waals surface area contributed by atoms with Gasteiger partial charge in [-0.05, 0) is 18.1 Å². The lowest BCUT2D eigenvalue weighted by molar-refractivity contribution is 0.227. The van der Waals surface area contributed by atoms with Crippen LogP contribution in [0.1, 0.15) is 13.8 Å². The molecule has 0 amide bonds. The highest BCUT2D eigenvalue weighted by molar-refractivity contribution is 7.89. The summed E-state index contributed by atoms with van der Waals surface area (Å²) >= 11 is 11.6. The predicted molar refractivity (Wildman–Crippen MR) is 72.5 cm³/mol. The van der Waals surface area contributed by atoms with E-state index in [1.165, 1.54) is 18.2 Å². The third kappa shape index (κ3) is 3.59. The molecule has 1 aromatic carbocycles. The first kappa shape index (κ1) is 15.7. The molecule has 0 unspecified atom stereocenters. The van der Waals surface area contributed by atoms with E-state index in [9.17, 15) is 8.42 Å². The molecule has 0 aliphatic rings. The minimum Gasteiger partial charge on any atom is -0.395 e. The molecule has 4 nitrogen and oxygen atoms in total. The second-order valence-corrected chi connectivity index (χ2v) is 6.67. The van der Waals surface area contributed by atoms with E-state index in [2.05, 4.69) is 4.72 Å². The van der Waals surface area contributed by atoms with Crippen LogP contribution in [0.5, 0.6) is 0 Å². The van der Waals surface area contributed by atoms with Gasteiger partial charge in [-0.15, -0.1) is 0 Å². The Hall–Kier alpha value is -0.330. The zero-order valence-corrected chi connectivity index (χ0v) is 12.4. The zero-order valence-electron chi connectivity index (χ0n) is 10.0. The van der Waals surface area contributed by atoms with Crippen molar-refractivity contribution in [1.29, 1.82) is 0 Å². The molecule has 0 radical (unpaired) electrons. The van der Waals surface area contributed by atoms with Gasteiger partial charge in [-0.2, -0.15) is 0 Å². The third-order valence-corrected chi connectivity index (χ3v) is 4.98. The van der Waals surface area contributed by atoms with Crippen LogP contribution in [-0.2, 0) is 10.0 Å². The summed E-state index contributed by atoms with van der Waals surface area (Å²) in [6, 6.07) is 3.82. The average Bonchev–Trinajstić information content (AvgIpc) is 2.29. The maximum atomic E-state index is 12.1. The minimum atomic E-state index is -3.80. The van der Waals surface area contributed by atoms with Crippen molar-refractivity contribution in [2.75, 3.05) is 6.61 Å². The molecule has 0 bridgehead atoms. The number of aliphatic hydroxyl groups is 1. The van der Waals surface area contributed by atoms with Crippen molar-refractivity contribution in [2.24, 2.45) is 5.92 Å². The van der Waals surface area contributed by atoms with Gasteiger partial charge in [-0.3, -0.25) is 0 Å². The maximum absolute atomic E-state index is 12.1. The van der Waals surface area contributed by atoms with Gasteiger partial charge in [0.05, 0.1) is 16.7 Å². The summed E-state index contributed by atoms with van der Waals surface area (Å²) in [4.78, 5) is -0.0873. The van der Waals surface area contributed by atoms with Gasteiger partial charge >= 0.3 is 0 Å².